The average molecular weight is 559 g/mol. The third kappa shape index (κ3) is 7.81. The van der Waals surface area contributed by atoms with Gasteiger partial charge in [0.1, 0.15) is 6.04 Å². The van der Waals surface area contributed by atoms with E-state index in [-0.39, 0.29) is 17.3 Å². The highest BCUT2D eigenvalue weighted by molar-refractivity contribution is 9.10. The number of nitrogens with one attached hydrogen (secondary N) is 1. The van der Waals surface area contributed by atoms with Crippen molar-refractivity contribution < 1.29 is 18.0 Å². The maximum Gasteiger partial charge on any atom is 0.243 e. The van der Waals surface area contributed by atoms with Crippen molar-refractivity contribution in [3.63, 3.8) is 0 Å². The number of nitrogens with zero attached hydrogens (tertiary/aromatic N) is 2. The van der Waals surface area contributed by atoms with Crippen molar-refractivity contribution in [2.24, 2.45) is 0 Å². The van der Waals surface area contributed by atoms with Crippen LogP contribution in [0.5, 0.6) is 0 Å². The molecule has 0 aliphatic carbocycles. The van der Waals surface area contributed by atoms with Gasteiger partial charge in [0.25, 0.3) is 0 Å². The van der Waals surface area contributed by atoms with Crippen LogP contribution in [0.15, 0.2) is 57.9 Å². The molecule has 0 heterocycles. The number of halogens is 2. The minimum atomic E-state index is -3.91. The highest BCUT2D eigenvalue weighted by Crippen LogP contribution is 2.19. The van der Waals surface area contributed by atoms with E-state index < -0.39 is 28.5 Å². The third-order valence-corrected chi connectivity index (χ3v) is 7.68. The smallest absolute Gasteiger partial charge is 0.243 e. The lowest BCUT2D eigenvalue weighted by molar-refractivity contribution is -0.140. The maximum atomic E-state index is 13.3. The molecule has 7 nitrogen and oxygen atoms in total. The normalized spacial score (nSPS) is 12.4. The number of unbranched alkanes of at least 4 members (excludes halogenated alkanes) is 1. The number of hydrogen-bond donors (Lipinski definition) is 1. The first kappa shape index (κ1) is 27.3. The molecule has 10 heteroatoms. The Morgan fingerprint density at radius 2 is 1.82 bits per heavy atom. The number of rotatable bonds is 11. The number of carbonyl (C=O) groups excluding carboxylic acids is 2. The molecule has 180 valence electrons. The zero-order valence-electron chi connectivity index (χ0n) is 18.9. The number of carbonyl (C=O) groups is 2. The van der Waals surface area contributed by atoms with Gasteiger partial charge in [-0.3, -0.25) is 9.59 Å². The van der Waals surface area contributed by atoms with Gasteiger partial charge >= 0.3 is 0 Å². The van der Waals surface area contributed by atoms with Gasteiger partial charge in [0, 0.05) is 29.6 Å². The van der Waals surface area contributed by atoms with E-state index in [4.69, 9.17) is 11.6 Å². The Labute approximate surface area is 209 Å². The zero-order chi connectivity index (χ0) is 24.6. The van der Waals surface area contributed by atoms with Crippen molar-refractivity contribution in [1.82, 2.24) is 14.5 Å². The van der Waals surface area contributed by atoms with Crippen LogP contribution in [0.2, 0.25) is 5.02 Å². The van der Waals surface area contributed by atoms with Crippen LogP contribution in [0.4, 0.5) is 0 Å². The number of amides is 2. The summed E-state index contributed by atoms with van der Waals surface area (Å²) < 4.78 is 27.6. The summed E-state index contributed by atoms with van der Waals surface area (Å²) in [6.07, 6.45) is 1.77. The van der Waals surface area contributed by atoms with E-state index in [9.17, 15) is 18.0 Å². The second-order valence-corrected chi connectivity index (χ2v) is 11.1. The van der Waals surface area contributed by atoms with Crippen LogP contribution < -0.4 is 5.32 Å². The Morgan fingerprint density at radius 3 is 2.42 bits per heavy atom. The summed E-state index contributed by atoms with van der Waals surface area (Å²) in [5.41, 5.74) is 0.814. The Morgan fingerprint density at radius 1 is 1.15 bits per heavy atom. The minimum absolute atomic E-state index is 0.0334. The van der Waals surface area contributed by atoms with Crippen LogP contribution in [-0.4, -0.2) is 55.6 Å². The molecule has 0 bridgehead atoms. The number of sulfonamides is 1. The van der Waals surface area contributed by atoms with Crippen LogP contribution in [-0.2, 0) is 26.2 Å². The lowest BCUT2D eigenvalue weighted by Crippen LogP contribution is -2.50. The molecule has 0 aromatic heterocycles. The van der Waals surface area contributed by atoms with E-state index >= 15 is 0 Å². The highest BCUT2D eigenvalue weighted by atomic mass is 79.9. The van der Waals surface area contributed by atoms with E-state index in [1.54, 1.807) is 6.92 Å². The molecule has 0 spiro atoms. The quantitative estimate of drug-likeness (QED) is 0.422. The Bertz CT molecular complexity index is 1060. The van der Waals surface area contributed by atoms with Gasteiger partial charge in [-0.1, -0.05) is 53.0 Å². The molecule has 2 aromatic carbocycles. The van der Waals surface area contributed by atoms with Gasteiger partial charge in [-0.25, -0.2) is 8.42 Å². The van der Waals surface area contributed by atoms with Gasteiger partial charge in [-0.2, -0.15) is 4.31 Å². The fourth-order valence-corrected chi connectivity index (χ4v) is 4.80. The monoisotopic (exact) mass is 557 g/mol. The lowest BCUT2D eigenvalue weighted by atomic mass is 10.1. The second kappa shape index (κ2) is 12.5. The van der Waals surface area contributed by atoms with Gasteiger partial charge in [-0.15, -0.1) is 0 Å². The van der Waals surface area contributed by atoms with E-state index in [1.165, 1.54) is 36.2 Å². The maximum absolute atomic E-state index is 13.3. The minimum Gasteiger partial charge on any atom is -0.354 e. The van der Waals surface area contributed by atoms with Crippen LogP contribution in [0, 0.1) is 0 Å². The third-order valence-electron chi connectivity index (χ3n) is 5.12. The highest BCUT2D eigenvalue weighted by Gasteiger charge is 2.30. The van der Waals surface area contributed by atoms with Gasteiger partial charge in [0.05, 0.1) is 11.4 Å². The van der Waals surface area contributed by atoms with Crippen LogP contribution in [0.1, 0.15) is 32.3 Å². The van der Waals surface area contributed by atoms with Gasteiger partial charge in [-0.05, 0) is 55.3 Å². The largest absolute Gasteiger partial charge is 0.354 e. The summed E-state index contributed by atoms with van der Waals surface area (Å²) in [7, 11) is -2.57. The second-order valence-electron chi connectivity index (χ2n) is 7.69. The summed E-state index contributed by atoms with van der Waals surface area (Å²) in [6.45, 7) is 3.94. The molecule has 0 fully saturated rings. The molecule has 0 aliphatic rings. The van der Waals surface area contributed by atoms with Gasteiger partial charge in [0.2, 0.25) is 21.8 Å². The molecule has 0 radical (unpaired) electrons. The molecule has 2 rings (SSSR count). The van der Waals surface area contributed by atoms with Crippen molar-refractivity contribution in [2.75, 3.05) is 20.1 Å². The van der Waals surface area contributed by atoms with E-state index in [1.807, 2.05) is 31.2 Å². The molecule has 0 saturated carbocycles. The molecule has 2 amide bonds. The molecule has 0 unspecified atom stereocenters. The van der Waals surface area contributed by atoms with Crippen LogP contribution in [0.25, 0.3) is 0 Å². The molecule has 0 aliphatic heterocycles. The van der Waals surface area contributed by atoms with Crippen molar-refractivity contribution in [3.05, 3.63) is 63.6 Å². The summed E-state index contributed by atoms with van der Waals surface area (Å²) in [5.74, 6) is -0.761. The molecule has 33 heavy (non-hydrogen) atoms. The van der Waals surface area contributed by atoms with E-state index in [0.717, 1.165) is 27.2 Å². The Hall–Kier alpha value is -1.94. The number of benzene rings is 2. The Kier molecular flexibility index (Phi) is 10.3. The summed E-state index contributed by atoms with van der Waals surface area (Å²) in [6, 6.07) is 12.4. The molecular formula is C23H29BrClN3O4S. The molecule has 1 atom stereocenters. The van der Waals surface area contributed by atoms with Crippen LogP contribution in [0.3, 0.4) is 0 Å². The van der Waals surface area contributed by atoms with Gasteiger partial charge in [0.15, 0.2) is 0 Å². The molecular weight excluding hydrogens is 530 g/mol. The Balaban J connectivity index is 2.24. The van der Waals surface area contributed by atoms with E-state index in [2.05, 4.69) is 21.2 Å². The lowest BCUT2D eigenvalue weighted by Gasteiger charge is -2.30. The predicted molar refractivity (Wildman–Crippen MR) is 133 cm³/mol. The first-order chi connectivity index (χ1) is 15.6. The van der Waals surface area contributed by atoms with Crippen molar-refractivity contribution in [1.29, 1.82) is 0 Å². The van der Waals surface area contributed by atoms with E-state index in [0.29, 0.717) is 11.6 Å². The van der Waals surface area contributed by atoms with Gasteiger partial charge < -0.3 is 10.2 Å². The number of likely N-dealkylation sites (N-methyl/N-ethyl adjacent to an activating group) is 1. The van der Waals surface area contributed by atoms with Crippen molar-refractivity contribution in [3.8, 4) is 0 Å². The molecule has 0 saturated heterocycles. The first-order valence-corrected chi connectivity index (χ1v) is 13.2. The average Bonchev–Trinajstić information content (AvgIpc) is 2.77. The van der Waals surface area contributed by atoms with Crippen LogP contribution >= 0.6 is 27.5 Å². The summed E-state index contributed by atoms with van der Waals surface area (Å²) in [5, 5.41) is 3.26. The molecule has 1 N–H and O–H groups in total. The van der Waals surface area contributed by atoms with Crippen molar-refractivity contribution in [2.45, 2.75) is 44.2 Å². The first-order valence-electron chi connectivity index (χ1n) is 10.6. The topological polar surface area (TPSA) is 86.8 Å². The fraction of sp³-hybridized carbons (Fsp3) is 0.391. The summed E-state index contributed by atoms with van der Waals surface area (Å²) >= 11 is 9.27. The summed E-state index contributed by atoms with van der Waals surface area (Å²) in [4.78, 5) is 27.4. The fourth-order valence-electron chi connectivity index (χ4n) is 3.10. The standard InChI is InChI=1S/C23H29BrClN3O4S/c1-4-5-13-26-23(30)17(2)28(15-18-7-6-8-19(24)14-18)22(29)16-27(3)33(31,32)21-11-9-20(25)10-12-21/h6-12,14,17H,4-5,13,15-16H2,1-3H3,(H,26,30)/t17-/m1/s1. The SMILES string of the molecule is CCCCNC(=O)[C@@H](C)N(Cc1cccc(Br)c1)C(=O)CN(C)S(=O)(=O)c1ccc(Cl)cc1. The predicted octanol–water partition coefficient (Wildman–Crippen LogP) is 4.06. The molecule has 2 aromatic rings. The number of hydrogen-bond acceptors (Lipinski definition) is 4. The zero-order valence-corrected chi connectivity index (χ0v) is 22.1. The van der Waals surface area contributed by atoms with Crippen molar-refractivity contribution >= 4 is 49.4 Å².